The number of hydrogen-bond donors (Lipinski definition) is 0. The lowest BCUT2D eigenvalue weighted by atomic mass is 9.86. The van der Waals surface area contributed by atoms with Gasteiger partial charge in [-0.1, -0.05) is 75.9 Å². The minimum atomic E-state index is 0.618. The molecule has 0 spiro atoms. The zero-order valence-electron chi connectivity index (χ0n) is 20.1. The second-order valence-corrected chi connectivity index (χ2v) is 9.25. The average molecular weight is 418 g/mol. The van der Waals surface area contributed by atoms with Gasteiger partial charge in [-0.25, -0.2) is 0 Å². The first-order valence-corrected chi connectivity index (χ1v) is 12.1. The summed E-state index contributed by atoms with van der Waals surface area (Å²) in [5, 5.41) is 9.25. The Morgan fingerprint density at radius 3 is 2.61 bits per heavy atom. The maximum atomic E-state index is 4.70. The highest BCUT2D eigenvalue weighted by atomic mass is 15.5. The molecule has 2 unspecified atom stereocenters. The van der Waals surface area contributed by atoms with E-state index in [0.717, 1.165) is 30.0 Å². The van der Waals surface area contributed by atoms with Crippen molar-refractivity contribution in [3.63, 3.8) is 0 Å². The maximum absolute atomic E-state index is 4.70. The standard InChI is InChI=1S/C28H39N3/c1-6-21(3)16-27(26-11-9-8-10-22(4)17-26)18-28-23(5)19-29-31(28)30-20-25-14-12-24(7-2)13-15-25/h12-16,18-20,22,26H,6-11,17H2,1-5H3. The van der Waals surface area contributed by atoms with Gasteiger partial charge in [0.05, 0.1) is 18.1 Å². The van der Waals surface area contributed by atoms with Gasteiger partial charge in [-0.05, 0) is 79.7 Å². The molecule has 3 nitrogen and oxygen atoms in total. The van der Waals surface area contributed by atoms with Crippen LogP contribution in [0.15, 0.2) is 52.8 Å². The molecule has 1 aromatic carbocycles. The average Bonchev–Trinajstić information content (AvgIpc) is 2.97. The van der Waals surface area contributed by atoms with E-state index >= 15 is 0 Å². The molecule has 0 radical (unpaired) electrons. The van der Waals surface area contributed by atoms with Crippen LogP contribution in [0.4, 0.5) is 0 Å². The number of allylic oxidation sites excluding steroid dienone is 3. The molecule has 3 rings (SSSR count). The molecule has 0 aliphatic heterocycles. The third-order valence-corrected chi connectivity index (χ3v) is 6.62. The number of aryl methyl sites for hydroxylation is 2. The van der Waals surface area contributed by atoms with Gasteiger partial charge in [-0.3, -0.25) is 0 Å². The molecule has 166 valence electrons. The van der Waals surface area contributed by atoms with Gasteiger partial charge >= 0.3 is 0 Å². The van der Waals surface area contributed by atoms with Crippen LogP contribution in [0.1, 0.15) is 88.6 Å². The van der Waals surface area contributed by atoms with Crippen molar-refractivity contribution in [3.8, 4) is 0 Å². The number of hydrogen-bond acceptors (Lipinski definition) is 2. The Bertz CT molecular complexity index is 928. The van der Waals surface area contributed by atoms with Crippen molar-refractivity contribution in [1.82, 2.24) is 9.89 Å². The Hall–Kier alpha value is -2.42. The van der Waals surface area contributed by atoms with Crippen LogP contribution in [0.3, 0.4) is 0 Å². The predicted octanol–water partition coefficient (Wildman–Crippen LogP) is 7.59. The lowest BCUT2D eigenvalue weighted by molar-refractivity contribution is 0.445. The molecule has 0 N–H and O–H groups in total. The van der Waals surface area contributed by atoms with Gasteiger partial charge < -0.3 is 0 Å². The van der Waals surface area contributed by atoms with E-state index in [1.165, 1.54) is 54.4 Å². The molecular formula is C28H39N3. The largest absolute Gasteiger partial charge is 0.158 e. The first kappa shape index (κ1) is 23.2. The Balaban J connectivity index is 1.94. The molecule has 1 aliphatic rings. The van der Waals surface area contributed by atoms with Crippen molar-refractivity contribution in [2.24, 2.45) is 16.9 Å². The minimum absolute atomic E-state index is 0.618. The summed E-state index contributed by atoms with van der Waals surface area (Å²) in [6.07, 6.45) is 17.4. The van der Waals surface area contributed by atoms with Crippen molar-refractivity contribution in [3.05, 3.63) is 70.1 Å². The summed E-state index contributed by atoms with van der Waals surface area (Å²) in [5.41, 5.74) is 7.58. The van der Waals surface area contributed by atoms with Gasteiger partial charge in [-0.15, -0.1) is 0 Å². The molecule has 31 heavy (non-hydrogen) atoms. The van der Waals surface area contributed by atoms with Gasteiger partial charge in [0.2, 0.25) is 0 Å². The molecule has 1 aromatic heterocycles. The van der Waals surface area contributed by atoms with Gasteiger partial charge in [0.1, 0.15) is 0 Å². The second-order valence-electron chi connectivity index (χ2n) is 9.25. The zero-order chi connectivity index (χ0) is 22.2. The first-order chi connectivity index (χ1) is 15.0. The highest BCUT2D eigenvalue weighted by molar-refractivity contribution is 5.79. The second kappa shape index (κ2) is 11.3. The van der Waals surface area contributed by atoms with Crippen molar-refractivity contribution in [1.29, 1.82) is 0 Å². The van der Waals surface area contributed by atoms with Crippen molar-refractivity contribution >= 4 is 12.3 Å². The zero-order valence-corrected chi connectivity index (χ0v) is 20.1. The van der Waals surface area contributed by atoms with E-state index in [1.54, 1.807) is 4.79 Å². The molecule has 0 saturated heterocycles. The number of rotatable bonds is 7. The van der Waals surface area contributed by atoms with Crippen LogP contribution in [0.25, 0.3) is 6.08 Å². The molecule has 1 saturated carbocycles. The fourth-order valence-electron chi connectivity index (χ4n) is 4.38. The minimum Gasteiger partial charge on any atom is -0.158 e. The van der Waals surface area contributed by atoms with Gasteiger partial charge in [0, 0.05) is 0 Å². The van der Waals surface area contributed by atoms with Crippen molar-refractivity contribution < 1.29 is 0 Å². The Morgan fingerprint density at radius 2 is 1.90 bits per heavy atom. The van der Waals surface area contributed by atoms with Crippen LogP contribution in [0.2, 0.25) is 0 Å². The Kier molecular flexibility index (Phi) is 8.45. The fraction of sp³-hybridized carbons (Fsp3) is 0.500. The lowest BCUT2D eigenvalue weighted by Gasteiger charge is -2.20. The molecule has 2 atom stereocenters. The molecule has 0 amide bonds. The molecular weight excluding hydrogens is 378 g/mol. The van der Waals surface area contributed by atoms with Crippen LogP contribution < -0.4 is 0 Å². The quantitative estimate of drug-likeness (QED) is 0.259. The topological polar surface area (TPSA) is 30.2 Å². The van der Waals surface area contributed by atoms with E-state index in [9.17, 15) is 0 Å². The van der Waals surface area contributed by atoms with Crippen LogP contribution in [0, 0.1) is 18.8 Å². The van der Waals surface area contributed by atoms with Crippen LogP contribution in [-0.4, -0.2) is 16.1 Å². The van der Waals surface area contributed by atoms with Gasteiger partial charge in [0.15, 0.2) is 0 Å². The van der Waals surface area contributed by atoms with E-state index < -0.39 is 0 Å². The third-order valence-electron chi connectivity index (χ3n) is 6.62. The fourth-order valence-corrected chi connectivity index (χ4v) is 4.38. The molecule has 3 heteroatoms. The van der Waals surface area contributed by atoms with Crippen LogP contribution in [0.5, 0.6) is 0 Å². The van der Waals surface area contributed by atoms with Gasteiger partial charge in [0.25, 0.3) is 0 Å². The summed E-state index contributed by atoms with van der Waals surface area (Å²) in [6.45, 7) is 11.2. The molecule has 2 aromatic rings. The van der Waals surface area contributed by atoms with Gasteiger partial charge in [-0.2, -0.15) is 15.0 Å². The van der Waals surface area contributed by atoms with Crippen molar-refractivity contribution in [2.45, 2.75) is 79.6 Å². The lowest BCUT2D eigenvalue weighted by Crippen LogP contribution is -2.07. The maximum Gasteiger partial charge on any atom is 0.0904 e. The summed E-state index contributed by atoms with van der Waals surface area (Å²) in [7, 11) is 0. The molecule has 0 bridgehead atoms. The number of aromatic nitrogens is 2. The monoisotopic (exact) mass is 417 g/mol. The molecule has 1 fully saturated rings. The van der Waals surface area contributed by atoms with Crippen molar-refractivity contribution in [2.75, 3.05) is 0 Å². The normalized spacial score (nSPS) is 20.9. The van der Waals surface area contributed by atoms with E-state index in [2.05, 4.69) is 76.1 Å². The highest BCUT2D eigenvalue weighted by Gasteiger charge is 2.20. The predicted molar refractivity (Wildman–Crippen MR) is 134 cm³/mol. The van der Waals surface area contributed by atoms with E-state index in [4.69, 9.17) is 5.10 Å². The SMILES string of the molecule is CCC(C)=CC(=Cc1c(C)cnn1N=Cc1ccc(CC)cc1)C1CCCCC(C)C1. The van der Waals surface area contributed by atoms with E-state index in [-0.39, 0.29) is 0 Å². The van der Waals surface area contributed by atoms with E-state index in [0.29, 0.717) is 5.92 Å². The summed E-state index contributed by atoms with van der Waals surface area (Å²) < 4.78 is 0. The summed E-state index contributed by atoms with van der Waals surface area (Å²) in [5.74, 6) is 1.41. The molecule has 1 heterocycles. The first-order valence-electron chi connectivity index (χ1n) is 12.1. The third kappa shape index (κ3) is 6.53. The Morgan fingerprint density at radius 1 is 1.16 bits per heavy atom. The van der Waals surface area contributed by atoms with E-state index in [1.807, 2.05) is 12.4 Å². The summed E-state index contributed by atoms with van der Waals surface area (Å²) >= 11 is 0. The number of nitrogens with zero attached hydrogens (tertiary/aromatic N) is 3. The smallest absolute Gasteiger partial charge is 0.0904 e. The summed E-state index contributed by atoms with van der Waals surface area (Å²) in [4.78, 5) is 1.79. The Labute approximate surface area is 189 Å². The van der Waals surface area contributed by atoms with Crippen LogP contribution in [-0.2, 0) is 6.42 Å². The van der Waals surface area contributed by atoms with Crippen LogP contribution >= 0.6 is 0 Å². The summed E-state index contributed by atoms with van der Waals surface area (Å²) in [6, 6.07) is 8.58. The highest BCUT2D eigenvalue weighted by Crippen LogP contribution is 2.34. The molecule has 1 aliphatic carbocycles. The number of benzene rings is 1.